The fourth-order valence-electron chi connectivity index (χ4n) is 1.46. The lowest BCUT2D eigenvalue weighted by atomic mass is 10.1. The Bertz CT molecular complexity index is 611. The zero-order valence-electron chi connectivity index (χ0n) is 9.11. The van der Waals surface area contributed by atoms with Gasteiger partial charge in [-0.2, -0.15) is 0 Å². The molecule has 1 aromatic heterocycles. The average molecular weight is 272 g/mol. The fourth-order valence-corrected chi connectivity index (χ4v) is 1.70. The molecule has 2 rings (SSSR count). The van der Waals surface area contributed by atoms with Gasteiger partial charge in [0.2, 0.25) is 0 Å². The molecular formula is C11H7ClFNO4. The second-order valence-electron chi connectivity index (χ2n) is 3.32. The van der Waals surface area contributed by atoms with Crippen LogP contribution >= 0.6 is 11.6 Å². The first kappa shape index (κ1) is 12.4. The molecule has 0 aliphatic carbocycles. The standard InChI is InChI=1S/C11H7ClFNO4/c1-17-10-6(13)3-2-5(12)9(10)8-4-7(11(15)16)14-18-8/h2-4H,1H3,(H,15,16). The minimum absolute atomic E-state index is 0.0220. The van der Waals surface area contributed by atoms with Crippen molar-refractivity contribution in [1.29, 1.82) is 0 Å². The number of aromatic nitrogens is 1. The van der Waals surface area contributed by atoms with E-state index in [9.17, 15) is 9.18 Å². The molecule has 0 radical (unpaired) electrons. The molecule has 0 aliphatic heterocycles. The van der Waals surface area contributed by atoms with Crippen LogP contribution in [0.1, 0.15) is 10.5 Å². The summed E-state index contributed by atoms with van der Waals surface area (Å²) in [6.45, 7) is 0. The van der Waals surface area contributed by atoms with Gasteiger partial charge in [0.15, 0.2) is 23.0 Å². The third-order valence-corrected chi connectivity index (χ3v) is 2.55. The summed E-state index contributed by atoms with van der Waals surface area (Å²) in [5.41, 5.74) is -0.174. The number of halogens is 2. The topological polar surface area (TPSA) is 72.6 Å². The van der Waals surface area contributed by atoms with Gasteiger partial charge in [-0.3, -0.25) is 0 Å². The largest absolute Gasteiger partial charge is 0.493 e. The van der Waals surface area contributed by atoms with E-state index in [2.05, 4.69) is 5.16 Å². The molecule has 94 valence electrons. The van der Waals surface area contributed by atoms with Gasteiger partial charge < -0.3 is 14.4 Å². The zero-order valence-corrected chi connectivity index (χ0v) is 9.86. The minimum atomic E-state index is -1.25. The molecule has 0 amide bonds. The van der Waals surface area contributed by atoms with Gasteiger partial charge in [0.05, 0.1) is 17.7 Å². The van der Waals surface area contributed by atoms with Crippen molar-refractivity contribution in [1.82, 2.24) is 5.16 Å². The Labute approximate surface area is 106 Å². The summed E-state index contributed by atoms with van der Waals surface area (Å²) < 4.78 is 23.2. The summed E-state index contributed by atoms with van der Waals surface area (Å²) in [5.74, 6) is -1.99. The Balaban J connectivity index is 2.62. The van der Waals surface area contributed by atoms with Gasteiger partial charge in [0.1, 0.15) is 0 Å². The number of rotatable bonds is 3. The van der Waals surface area contributed by atoms with Crippen molar-refractivity contribution in [3.8, 4) is 17.1 Å². The van der Waals surface area contributed by atoms with Crippen LogP contribution in [-0.4, -0.2) is 23.3 Å². The third-order valence-electron chi connectivity index (χ3n) is 2.24. The molecular weight excluding hydrogens is 265 g/mol. The van der Waals surface area contributed by atoms with Crippen LogP contribution in [0.2, 0.25) is 5.02 Å². The van der Waals surface area contributed by atoms with Gasteiger partial charge in [-0.1, -0.05) is 16.8 Å². The van der Waals surface area contributed by atoms with Crippen LogP contribution in [0.3, 0.4) is 0 Å². The van der Waals surface area contributed by atoms with E-state index in [4.69, 9.17) is 26.0 Å². The molecule has 7 heteroatoms. The van der Waals surface area contributed by atoms with Crippen LogP contribution in [0.25, 0.3) is 11.3 Å². The molecule has 5 nitrogen and oxygen atoms in total. The summed E-state index contributed by atoms with van der Waals surface area (Å²) in [5, 5.41) is 12.2. The fraction of sp³-hybridized carbons (Fsp3) is 0.0909. The van der Waals surface area contributed by atoms with Gasteiger partial charge in [0, 0.05) is 6.07 Å². The minimum Gasteiger partial charge on any atom is -0.493 e. The molecule has 0 bridgehead atoms. The number of hydrogen-bond donors (Lipinski definition) is 1. The van der Waals surface area contributed by atoms with Crippen molar-refractivity contribution >= 4 is 17.6 Å². The number of carboxylic acids is 1. The quantitative estimate of drug-likeness (QED) is 0.929. The zero-order chi connectivity index (χ0) is 13.3. The highest BCUT2D eigenvalue weighted by atomic mass is 35.5. The SMILES string of the molecule is COc1c(F)ccc(Cl)c1-c1cc(C(=O)O)no1. The van der Waals surface area contributed by atoms with Crippen molar-refractivity contribution < 1.29 is 23.6 Å². The van der Waals surface area contributed by atoms with Gasteiger partial charge in [-0.15, -0.1) is 0 Å². The molecule has 1 aromatic carbocycles. The highest BCUT2D eigenvalue weighted by Gasteiger charge is 2.21. The molecule has 1 heterocycles. The van der Waals surface area contributed by atoms with Crippen LogP contribution in [0.5, 0.6) is 5.75 Å². The molecule has 0 fully saturated rings. The van der Waals surface area contributed by atoms with Gasteiger partial charge in [0.25, 0.3) is 0 Å². The van der Waals surface area contributed by atoms with Crippen LogP contribution in [0.4, 0.5) is 4.39 Å². The molecule has 2 aromatic rings. The van der Waals surface area contributed by atoms with Crippen LogP contribution in [-0.2, 0) is 0 Å². The number of aromatic carboxylic acids is 1. The average Bonchev–Trinajstić information content (AvgIpc) is 2.81. The van der Waals surface area contributed by atoms with Crippen molar-refractivity contribution in [2.24, 2.45) is 0 Å². The normalized spacial score (nSPS) is 10.4. The first-order valence-electron chi connectivity index (χ1n) is 4.77. The number of carbonyl (C=O) groups is 1. The van der Waals surface area contributed by atoms with E-state index >= 15 is 0 Å². The summed E-state index contributed by atoms with van der Waals surface area (Å²) in [4.78, 5) is 10.7. The molecule has 0 saturated heterocycles. The molecule has 0 unspecified atom stereocenters. The van der Waals surface area contributed by atoms with E-state index in [1.165, 1.54) is 13.2 Å². The summed E-state index contributed by atoms with van der Waals surface area (Å²) in [7, 11) is 1.27. The van der Waals surface area contributed by atoms with Gasteiger partial charge >= 0.3 is 5.97 Å². The maximum atomic E-state index is 13.5. The van der Waals surface area contributed by atoms with Crippen LogP contribution in [0, 0.1) is 5.82 Å². The van der Waals surface area contributed by atoms with Crippen molar-refractivity contribution in [2.75, 3.05) is 7.11 Å². The van der Waals surface area contributed by atoms with Crippen molar-refractivity contribution in [3.05, 3.63) is 34.7 Å². The maximum absolute atomic E-state index is 13.5. The predicted molar refractivity (Wildman–Crippen MR) is 60.4 cm³/mol. The Hall–Kier alpha value is -2.08. The number of methoxy groups -OCH3 is 1. The molecule has 0 aliphatic rings. The lowest BCUT2D eigenvalue weighted by molar-refractivity contribution is 0.0686. The van der Waals surface area contributed by atoms with E-state index in [0.29, 0.717) is 0 Å². The number of carboxylic acid groups (broad SMARTS) is 1. The monoisotopic (exact) mass is 271 g/mol. The second-order valence-corrected chi connectivity index (χ2v) is 3.73. The van der Waals surface area contributed by atoms with E-state index in [1.54, 1.807) is 0 Å². The van der Waals surface area contributed by atoms with Crippen LogP contribution in [0.15, 0.2) is 22.7 Å². The summed E-state index contributed by atoms with van der Waals surface area (Å²) >= 11 is 5.92. The molecule has 18 heavy (non-hydrogen) atoms. The summed E-state index contributed by atoms with van der Waals surface area (Å²) in [6.07, 6.45) is 0. The smallest absolute Gasteiger partial charge is 0.358 e. The van der Waals surface area contributed by atoms with Crippen LogP contribution < -0.4 is 4.74 Å². The Kier molecular flexibility index (Phi) is 3.20. The Morgan fingerprint density at radius 3 is 2.83 bits per heavy atom. The number of hydrogen-bond acceptors (Lipinski definition) is 4. The van der Waals surface area contributed by atoms with Crippen molar-refractivity contribution in [2.45, 2.75) is 0 Å². The highest BCUT2D eigenvalue weighted by molar-refractivity contribution is 6.33. The molecule has 0 atom stereocenters. The molecule has 0 spiro atoms. The van der Waals surface area contributed by atoms with E-state index in [0.717, 1.165) is 12.1 Å². The number of benzene rings is 1. The third kappa shape index (κ3) is 2.02. The van der Waals surface area contributed by atoms with Crippen molar-refractivity contribution in [3.63, 3.8) is 0 Å². The van der Waals surface area contributed by atoms with E-state index in [1.807, 2.05) is 0 Å². The Morgan fingerprint density at radius 2 is 2.28 bits per heavy atom. The first-order valence-corrected chi connectivity index (χ1v) is 5.14. The predicted octanol–water partition coefficient (Wildman–Crippen LogP) is 2.84. The maximum Gasteiger partial charge on any atom is 0.358 e. The van der Waals surface area contributed by atoms with Gasteiger partial charge in [-0.25, -0.2) is 9.18 Å². The van der Waals surface area contributed by atoms with E-state index < -0.39 is 11.8 Å². The second kappa shape index (κ2) is 4.66. The van der Waals surface area contributed by atoms with Gasteiger partial charge in [-0.05, 0) is 12.1 Å². The van der Waals surface area contributed by atoms with E-state index in [-0.39, 0.29) is 27.8 Å². The lowest BCUT2D eigenvalue weighted by Gasteiger charge is -2.08. The highest BCUT2D eigenvalue weighted by Crippen LogP contribution is 2.38. The number of nitrogens with zero attached hydrogens (tertiary/aromatic N) is 1. The Morgan fingerprint density at radius 1 is 1.56 bits per heavy atom. The lowest BCUT2D eigenvalue weighted by Crippen LogP contribution is -1.95. The first-order chi connectivity index (χ1) is 8.54. The number of ether oxygens (including phenoxy) is 1. The summed E-state index contributed by atoms with van der Waals surface area (Å²) in [6, 6.07) is 3.60. The molecule has 0 saturated carbocycles. The molecule has 1 N–H and O–H groups in total.